The summed E-state index contributed by atoms with van der Waals surface area (Å²) < 4.78 is 15.7. The van der Waals surface area contributed by atoms with E-state index in [9.17, 15) is 14.4 Å². The number of piperidine rings is 1. The zero-order valence-electron chi connectivity index (χ0n) is 18.6. The van der Waals surface area contributed by atoms with Crippen molar-refractivity contribution in [2.45, 2.75) is 26.2 Å². The number of nitrogens with zero attached hydrogens (tertiary/aromatic N) is 1. The Morgan fingerprint density at radius 3 is 2.55 bits per heavy atom. The Morgan fingerprint density at radius 2 is 1.79 bits per heavy atom. The number of amides is 1. The maximum absolute atomic E-state index is 12.4. The maximum atomic E-state index is 12.4. The summed E-state index contributed by atoms with van der Waals surface area (Å²) in [4.78, 5) is 37.8. The first-order chi connectivity index (χ1) is 16.0. The van der Waals surface area contributed by atoms with Crippen LogP contribution in [0.5, 0.6) is 5.75 Å². The second kappa shape index (κ2) is 10.3. The molecule has 0 saturated carbocycles. The van der Waals surface area contributed by atoms with Gasteiger partial charge in [0.2, 0.25) is 0 Å². The fourth-order valence-corrected chi connectivity index (χ4v) is 4.15. The summed E-state index contributed by atoms with van der Waals surface area (Å²) >= 11 is 0. The largest absolute Gasteiger partial charge is 0.482 e. The summed E-state index contributed by atoms with van der Waals surface area (Å²) in [6.45, 7) is 2.53. The van der Waals surface area contributed by atoms with E-state index in [1.807, 2.05) is 25.1 Å². The molecule has 7 heteroatoms. The zero-order chi connectivity index (χ0) is 23.2. The fourth-order valence-electron chi connectivity index (χ4n) is 4.15. The molecule has 1 saturated heterocycles. The molecule has 0 bridgehead atoms. The molecular weight excluding hydrogens is 422 g/mol. The van der Waals surface area contributed by atoms with E-state index in [2.05, 4.69) is 12.1 Å². The number of hydrogen-bond acceptors (Lipinski definition) is 6. The van der Waals surface area contributed by atoms with E-state index in [0.717, 1.165) is 30.2 Å². The molecule has 0 radical (unpaired) electrons. The van der Waals surface area contributed by atoms with Gasteiger partial charge in [0.1, 0.15) is 11.3 Å². The number of hydrogen-bond donors (Lipinski definition) is 0. The SMILES string of the molecule is Cc1cc(=O)oc2cc(OCC(=O)OCC(=O)N3CCC(Cc4ccccc4)CC3)ccc12. The van der Waals surface area contributed by atoms with Crippen molar-refractivity contribution < 1.29 is 23.5 Å². The Kier molecular flexibility index (Phi) is 7.07. The van der Waals surface area contributed by atoms with Gasteiger partial charge in [-0.3, -0.25) is 4.79 Å². The van der Waals surface area contributed by atoms with Crippen LogP contribution < -0.4 is 10.4 Å². The van der Waals surface area contributed by atoms with Crippen LogP contribution in [0.3, 0.4) is 0 Å². The van der Waals surface area contributed by atoms with Gasteiger partial charge >= 0.3 is 11.6 Å². The lowest BCUT2D eigenvalue weighted by atomic mass is 9.90. The molecule has 0 spiro atoms. The van der Waals surface area contributed by atoms with Crippen molar-refractivity contribution in [3.8, 4) is 5.75 Å². The van der Waals surface area contributed by atoms with Gasteiger partial charge in [-0.1, -0.05) is 30.3 Å². The van der Waals surface area contributed by atoms with Crippen molar-refractivity contribution >= 4 is 22.8 Å². The highest BCUT2D eigenvalue weighted by molar-refractivity contribution is 5.82. The van der Waals surface area contributed by atoms with Gasteiger partial charge in [-0.25, -0.2) is 9.59 Å². The van der Waals surface area contributed by atoms with Gasteiger partial charge in [0.15, 0.2) is 13.2 Å². The molecule has 33 heavy (non-hydrogen) atoms. The van der Waals surface area contributed by atoms with E-state index in [1.54, 1.807) is 23.1 Å². The number of benzene rings is 2. The Balaban J connectivity index is 1.20. The van der Waals surface area contributed by atoms with Gasteiger partial charge < -0.3 is 18.8 Å². The molecule has 4 rings (SSSR count). The van der Waals surface area contributed by atoms with E-state index in [0.29, 0.717) is 30.3 Å². The highest BCUT2D eigenvalue weighted by Crippen LogP contribution is 2.23. The first-order valence-electron chi connectivity index (χ1n) is 11.1. The van der Waals surface area contributed by atoms with Crippen LogP contribution in [0.4, 0.5) is 0 Å². The molecule has 172 valence electrons. The molecule has 1 aliphatic rings. The van der Waals surface area contributed by atoms with Crippen LogP contribution in [0.2, 0.25) is 0 Å². The number of rotatable bonds is 7. The molecule has 2 aromatic carbocycles. The van der Waals surface area contributed by atoms with E-state index in [1.165, 1.54) is 11.6 Å². The smallest absolute Gasteiger partial charge is 0.344 e. The van der Waals surface area contributed by atoms with Crippen molar-refractivity contribution in [1.29, 1.82) is 0 Å². The zero-order valence-corrected chi connectivity index (χ0v) is 18.6. The lowest BCUT2D eigenvalue weighted by Gasteiger charge is -2.32. The molecule has 7 nitrogen and oxygen atoms in total. The molecule has 0 unspecified atom stereocenters. The van der Waals surface area contributed by atoms with Crippen molar-refractivity contribution in [2.24, 2.45) is 5.92 Å². The second-order valence-electron chi connectivity index (χ2n) is 8.37. The van der Waals surface area contributed by atoms with Crippen LogP contribution in [0, 0.1) is 12.8 Å². The second-order valence-corrected chi connectivity index (χ2v) is 8.37. The molecule has 1 amide bonds. The molecule has 3 aromatic rings. The maximum Gasteiger partial charge on any atom is 0.344 e. The van der Waals surface area contributed by atoms with Gasteiger partial charge in [-0.05, 0) is 55.4 Å². The van der Waals surface area contributed by atoms with Crippen LogP contribution in [0.1, 0.15) is 24.0 Å². The van der Waals surface area contributed by atoms with Crippen LogP contribution in [-0.2, 0) is 20.7 Å². The predicted molar refractivity (Wildman–Crippen MR) is 123 cm³/mol. The summed E-state index contributed by atoms with van der Waals surface area (Å²) in [5.74, 6) is 0.111. The number of esters is 1. The van der Waals surface area contributed by atoms with Crippen LogP contribution in [0.25, 0.3) is 11.0 Å². The van der Waals surface area contributed by atoms with Gasteiger partial charge in [-0.15, -0.1) is 0 Å². The van der Waals surface area contributed by atoms with Gasteiger partial charge in [0.05, 0.1) is 0 Å². The fraction of sp³-hybridized carbons (Fsp3) is 0.346. The standard InChI is InChI=1S/C26H27NO6/c1-18-13-25(29)33-23-15-21(7-8-22(18)23)31-17-26(30)32-16-24(28)27-11-9-20(10-12-27)14-19-5-3-2-4-6-19/h2-8,13,15,20H,9-12,14,16-17H2,1H3. The summed E-state index contributed by atoms with van der Waals surface area (Å²) in [5.41, 5.74) is 2.06. The van der Waals surface area contributed by atoms with E-state index < -0.39 is 11.6 Å². The summed E-state index contributed by atoms with van der Waals surface area (Å²) in [6, 6.07) is 16.8. The number of carbonyl (C=O) groups is 2. The average Bonchev–Trinajstić information content (AvgIpc) is 2.82. The third kappa shape index (κ3) is 6.00. The first-order valence-corrected chi connectivity index (χ1v) is 11.1. The van der Waals surface area contributed by atoms with E-state index in [4.69, 9.17) is 13.9 Å². The third-order valence-corrected chi connectivity index (χ3v) is 5.97. The Bertz CT molecular complexity index is 1180. The average molecular weight is 450 g/mol. The highest BCUT2D eigenvalue weighted by Gasteiger charge is 2.23. The molecule has 1 fully saturated rings. The molecule has 0 N–H and O–H groups in total. The molecule has 1 aliphatic heterocycles. The number of likely N-dealkylation sites (tertiary alicyclic amines) is 1. The van der Waals surface area contributed by atoms with Crippen molar-refractivity contribution in [2.75, 3.05) is 26.3 Å². The van der Waals surface area contributed by atoms with Crippen molar-refractivity contribution in [1.82, 2.24) is 4.90 Å². The lowest BCUT2D eigenvalue weighted by molar-refractivity contribution is -0.154. The summed E-state index contributed by atoms with van der Waals surface area (Å²) in [6.07, 6.45) is 2.90. The Hall–Kier alpha value is -3.61. The number of ether oxygens (including phenoxy) is 2. The summed E-state index contributed by atoms with van der Waals surface area (Å²) in [7, 11) is 0. The normalized spacial score (nSPS) is 14.3. The monoisotopic (exact) mass is 449 g/mol. The third-order valence-electron chi connectivity index (χ3n) is 5.97. The van der Waals surface area contributed by atoms with Crippen LogP contribution >= 0.6 is 0 Å². The molecule has 0 atom stereocenters. The molecular formula is C26H27NO6. The minimum absolute atomic E-state index is 0.190. The van der Waals surface area contributed by atoms with Gasteiger partial charge in [-0.2, -0.15) is 0 Å². The van der Waals surface area contributed by atoms with Gasteiger partial charge in [0.25, 0.3) is 5.91 Å². The van der Waals surface area contributed by atoms with Crippen LogP contribution in [0.15, 0.2) is 63.8 Å². The Morgan fingerprint density at radius 1 is 1.03 bits per heavy atom. The minimum atomic E-state index is -0.631. The predicted octanol–water partition coefficient (Wildman–Crippen LogP) is 3.50. The minimum Gasteiger partial charge on any atom is -0.482 e. The topological polar surface area (TPSA) is 86.0 Å². The lowest BCUT2D eigenvalue weighted by Crippen LogP contribution is -2.41. The van der Waals surface area contributed by atoms with Crippen molar-refractivity contribution in [3.63, 3.8) is 0 Å². The number of fused-ring (bicyclic) bond motifs is 1. The Labute approximate surface area is 191 Å². The molecule has 1 aromatic heterocycles. The van der Waals surface area contributed by atoms with E-state index >= 15 is 0 Å². The first kappa shape index (κ1) is 22.6. The molecule has 0 aliphatic carbocycles. The number of carbonyl (C=O) groups excluding carboxylic acids is 2. The van der Waals surface area contributed by atoms with Gasteiger partial charge in [0, 0.05) is 30.6 Å². The molecule has 2 heterocycles. The quantitative estimate of drug-likeness (QED) is 0.405. The van der Waals surface area contributed by atoms with E-state index in [-0.39, 0.29) is 19.1 Å². The summed E-state index contributed by atoms with van der Waals surface area (Å²) in [5, 5.41) is 0.794. The number of aryl methyl sites for hydroxylation is 1. The van der Waals surface area contributed by atoms with Crippen LogP contribution in [-0.4, -0.2) is 43.1 Å². The highest BCUT2D eigenvalue weighted by atomic mass is 16.6. The van der Waals surface area contributed by atoms with Crippen molar-refractivity contribution in [3.05, 3.63) is 76.1 Å².